The van der Waals surface area contributed by atoms with Gasteiger partial charge in [-0.2, -0.15) is 0 Å². The molecule has 1 aliphatic carbocycles. The van der Waals surface area contributed by atoms with Gasteiger partial charge in [0.1, 0.15) is 6.10 Å². The molecule has 4 heteroatoms. The number of nitrogens with zero attached hydrogens (tertiary/aromatic N) is 1. The molecule has 0 saturated heterocycles. The molecule has 2 rings (SSSR count). The second-order valence-corrected chi connectivity index (χ2v) is 5.93. The minimum atomic E-state index is 0.307. The first kappa shape index (κ1) is 13.2. The lowest BCUT2D eigenvalue weighted by molar-refractivity contribution is 0.129. The van der Waals surface area contributed by atoms with Crippen molar-refractivity contribution >= 4 is 27.5 Å². The zero-order chi connectivity index (χ0) is 12.3. The summed E-state index contributed by atoms with van der Waals surface area (Å²) in [6.07, 6.45) is 6.81. The molecule has 1 aromatic rings. The van der Waals surface area contributed by atoms with Crippen molar-refractivity contribution in [1.82, 2.24) is 4.98 Å². The molecule has 0 spiro atoms. The summed E-state index contributed by atoms with van der Waals surface area (Å²) in [7, 11) is 0. The largest absolute Gasteiger partial charge is 0.474 e. The van der Waals surface area contributed by atoms with Crippen LogP contribution in [0.5, 0.6) is 5.88 Å². The molecular formula is C13H17BrClNO. The number of ether oxygens (including phenoxy) is 1. The van der Waals surface area contributed by atoms with Crippen LogP contribution in [0.3, 0.4) is 0 Å². The monoisotopic (exact) mass is 317 g/mol. The average Bonchev–Trinajstić information content (AvgIpc) is 2.34. The summed E-state index contributed by atoms with van der Waals surface area (Å²) >= 11 is 9.30. The number of pyridine rings is 1. The number of halogens is 2. The maximum absolute atomic E-state index is 5.96. The molecular weight excluding hydrogens is 302 g/mol. The molecule has 0 amide bonds. The molecule has 1 aromatic heterocycles. The van der Waals surface area contributed by atoms with Gasteiger partial charge in [0.2, 0.25) is 5.88 Å². The van der Waals surface area contributed by atoms with Gasteiger partial charge in [0.15, 0.2) is 0 Å². The zero-order valence-electron chi connectivity index (χ0n) is 9.96. The summed E-state index contributed by atoms with van der Waals surface area (Å²) in [6.45, 7) is 2.30. The number of hydrogen-bond acceptors (Lipinski definition) is 2. The van der Waals surface area contributed by atoms with Crippen molar-refractivity contribution in [2.24, 2.45) is 5.92 Å². The molecule has 0 aromatic carbocycles. The lowest BCUT2D eigenvalue weighted by atomic mass is 9.89. The quantitative estimate of drug-likeness (QED) is 0.763. The molecule has 1 saturated carbocycles. The van der Waals surface area contributed by atoms with Gasteiger partial charge in [0.25, 0.3) is 0 Å². The first-order valence-corrected chi connectivity index (χ1v) is 7.39. The highest BCUT2D eigenvalue weighted by molar-refractivity contribution is 9.10. The summed E-state index contributed by atoms with van der Waals surface area (Å²) in [5.74, 6) is 1.97. The van der Waals surface area contributed by atoms with E-state index in [9.17, 15) is 0 Å². The number of rotatable bonds is 3. The molecule has 1 fully saturated rings. The van der Waals surface area contributed by atoms with Gasteiger partial charge in [0.05, 0.1) is 5.88 Å². The third-order valence-electron chi connectivity index (χ3n) is 3.28. The third-order valence-corrected chi connectivity index (χ3v) is 4.00. The predicted octanol–water partition coefficient (Wildman–Crippen LogP) is 4.54. The molecule has 2 nitrogen and oxygen atoms in total. The molecule has 0 atom stereocenters. The highest BCUT2D eigenvalue weighted by Crippen LogP contribution is 2.29. The van der Waals surface area contributed by atoms with Crippen LogP contribution < -0.4 is 4.74 Å². The summed E-state index contributed by atoms with van der Waals surface area (Å²) in [6, 6.07) is 1.97. The van der Waals surface area contributed by atoms with Crippen LogP contribution in [0.1, 0.15) is 38.2 Å². The fourth-order valence-electron chi connectivity index (χ4n) is 2.18. The summed E-state index contributed by atoms with van der Waals surface area (Å²) in [5, 5.41) is 0. The maximum Gasteiger partial charge on any atom is 0.218 e. The van der Waals surface area contributed by atoms with E-state index in [1.165, 1.54) is 12.8 Å². The van der Waals surface area contributed by atoms with Gasteiger partial charge < -0.3 is 4.74 Å². The van der Waals surface area contributed by atoms with Crippen LogP contribution in [0.4, 0.5) is 0 Å². The van der Waals surface area contributed by atoms with Crippen LogP contribution in [-0.2, 0) is 5.88 Å². The van der Waals surface area contributed by atoms with E-state index in [1.54, 1.807) is 6.20 Å². The standard InChI is InChI=1S/C13H17BrClNO/c1-9-2-4-12(5-3-9)17-13-10(7-15)6-11(14)8-16-13/h6,8-9,12H,2-5,7H2,1H3. The van der Waals surface area contributed by atoms with Gasteiger partial charge in [-0.15, -0.1) is 11.6 Å². The predicted molar refractivity (Wildman–Crippen MR) is 73.5 cm³/mol. The van der Waals surface area contributed by atoms with Crippen molar-refractivity contribution < 1.29 is 4.74 Å². The SMILES string of the molecule is CC1CCC(Oc2ncc(Br)cc2CCl)CC1. The molecule has 94 valence electrons. The number of hydrogen-bond donors (Lipinski definition) is 0. The van der Waals surface area contributed by atoms with Crippen LogP contribution in [-0.4, -0.2) is 11.1 Å². The Morgan fingerprint density at radius 1 is 1.41 bits per heavy atom. The smallest absolute Gasteiger partial charge is 0.218 e. The maximum atomic E-state index is 5.96. The molecule has 0 N–H and O–H groups in total. The molecule has 0 radical (unpaired) electrons. The van der Waals surface area contributed by atoms with Crippen molar-refractivity contribution in [3.63, 3.8) is 0 Å². The lowest BCUT2D eigenvalue weighted by Gasteiger charge is -2.27. The van der Waals surface area contributed by atoms with Crippen LogP contribution in [0, 0.1) is 5.92 Å². The van der Waals surface area contributed by atoms with Gasteiger partial charge in [0, 0.05) is 16.2 Å². The van der Waals surface area contributed by atoms with Crippen molar-refractivity contribution in [2.75, 3.05) is 0 Å². The van der Waals surface area contributed by atoms with Gasteiger partial charge in [-0.05, 0) is 53.6 Å². The summed E-state index contributed by atoms with van der Waals surface area (Å²) in [5.41, 5.74) is 0.958. The normalized spacial score (nSPS) is 24.6. The van der Waals surface area contributed by atoms with E-state index < -0.39 is 0 Å². The molecule has 17 heavy (non-hydrogen) atoms. The Balaban J connectivity index is 2.03. The zero-order valence-corrected chi connectivity index (χ0v) is 12.3. The minimum absolute atomic E-state index is 0.307. The Bertz CT molecular complexity index is 378. The molecule has 0 unspecified atom stereocenters. The van der Waals surface area contributed by atoms with Crippen molar-refractivity contribution in [3.05, 3.63) is 22.3 Å². The van der Waals surface area contributed by atoms with Crippen molar-refractivity contribution in [3.8, 4) is 5.88 Å². The molecule has 1 aliphatic rings. The van der Waals surface area contributed by atoms with Crippen LogP contribution in [0.15, 0.2) is 16.7 Å². The number of alkyl halides is 1. The Labute approximate surface area is 116 Å². The second kappa shape index (κ2) is 6.05. The third kappa shape index (κ3) is 3.59. The van der Waals surface area contributed by atoms with Crippen molar-refractivity contribution in [2.45, 2.75) is 44.6 Å². The summed E-state index contributed by atoms with van der Waals surface area (Å²) < 4.78 is 6.91. The van der Waals surface area contributed by atoms with Crippen LogP contribution in [0.2, 0.25) is 0 Å². The Morgan fingerprint density at radius 2 is 2.12 bits per heavy atom. The molecule has 1 heterocycles. The van der Waals surface area contributed by atoms with E-state index in [0.29, 0.717) is 17.9 Å². The highest BCUT2D eigenvalue weighted by atomic mass is 79.9. The Kier molecular flexibility index (Phi) is 4.69. The van der Waals surface area contributed by atoms with Gasteiger partial charge in [-0.25, -0.2) is 4.98 Å². The highest BCUT2D eigenvalue weighted by Gasteiger charge is 2.20. The Morgan fingerprint density at radius 3 is 2.76 bits per heavy atom. The van der Waals surface area contributed by atoms with Gasteiger partial charge >= 0.3 is 0 Å². The van der Waals surface area contributed by atoms with E-state index in [0.717, 1.165) is 28.8 Å². The lowest BCUT2D eigenvalue weighted by Crippen LogP contribution is -2.23. The number of aromatic nitrogens is 1. The molecule has 0 aliphatic heterocycles. The van der Waals surface area contributed by atoms with Crippen LogP contribution in [0.25, 0.3) is 0 Å². The van der Waals surface area contributed by atoms with E-state index >= 15 is 0 Å². The van der Waals surface area contributed by atoms with E-state index in [1.807, 2.05) is 6.07 Å². The van der Waals surface area contributed by atoms with Crippen LogP contribution >= 0.6 is 27.5 Å². The topological polar surface area (TPSA) is 22.1 Å². The molecule has 0 bridgehead atoms. The fourth-order valence-corrected chi connectivity index (χ4v) is 2.75. The van der Waals surface area contributed by atoms with Crippen molar-refractivity contribution in [1.29, 1.82) is 0 Å². The first-order chi connectivity index (χ1) is 8.19. The second-order valence-electron chi connectivity index (χ2n) is 4.75. The van der Waals surface area contributed by atoms with E-state index in [2.05, 4.69) is 27.8 Å². The first-order valence-electron chi connectivity index (χ1n) is 6.06. The average molecular weight is 319 g/mol. The fraction of sp³-hybridized carbons (Fsp3) is 0.615. The Hall–Kier alpha value is -0.280. The van der Waals surface area contributed by atoms with Gasteiger partial charge in [-0.3, -0.25) is 0 Å². The summed E-state index contributed by atoms with van der Waals surface area (Å²) in [4.78, 5) is 4.31. The van der Waals surface area contributed by atoms with E-state index in [-0.39, 0.29) is 0 Å². The van der Waals surface area contributed by atoms with Gasteiger partial charge in [-0.1, -0.05) is 6.92 Å². The van der Waals surface area contributed by atoms with E-state index in [4.69, 9.17) is 16.3 Å². The minimum Gasteiger partial charge on any atom is -0.474 e.